The number of carbonyl (C=O) groups is 2. The summed E-state index contributed by atoms with van der Waals surface area (Å²) in [6.07, 6.45) is 0.909. The summed E-state index contributed by atoms with van der Waals surface area (Å²) < 4.78 is 17.2. The second-order valence-corrected chi connectivity index (χ2v) is 7.89. The first-order chi connectivity index (χ1) is 14.9. The van der Waals surface area contributed by atoms with Gasteiger partial charge in [-0.25, -0.2) is 0 Å². The van der Waals surface area contributed by atoms with Gasteiger partial charge in [0, 0.05) is 29.3 Å². The van der Waals surface area contributed by atoms with E-state index in [9.17, 15) is 9.59 Å². The minimum atomic E-state index is -0.378. The molecule has 31 heavy (non-hydrogen) atoms. The molecule has 2 N–H and O–H groups in total. The Bertz CT molecular complexity index is 1120. The van der Waals surface area contributed by atoms with Crippen molar-refractivity contribution in [3.63, 3.8) is 0 Å². The van der Waals surface area contributed by atoms with Crippen LogP contribution < -0.4 is 20.1 Å². The SMILES string of the molecule is CCOc1cc2c(cc1NC(=O)c1ccc(NC(=O)c3ccc(Br)o3)cc1)OC(C)C2. The second-order valence-electron chi connectivity index (χ2n) is 7.11. The number of rotatable bonds is 6. The smallest absolute Gasteiger partial charge is 0.291 e. The number of benzene rings is 2. The zero-order valence-corrected chi connectivity index (χ0v) is 18.6. The Morgan fingerprint density at radius 1 is 1.10 bits per heavy atom. The van der Waals surface area contributed by atoms with Gasteiger partial charge in [0.05, 0.1) is 12.3 Å². The summed E-state index contributed by atoms with van der Waals surface area (Å²) in [5.41, 5.74) is 2.61. The summed E-state index contributed by atoms with van der Waals surface area (Å²) in [5, 5.41) is 5.62. The maximum Gasteiger partial charge on any atom is 0.291 e. The van der Waals surface area contributed by atoms with Gasteiger partial charge in [-0.15, -0.1) is 0 Å². The molecular weight excluding hydrogens is 464 g/mol. The third kappa shape index (κ3) is 4.74. The lowest BCUT2D eigenvalue weighted by molar-refractivity contribution is 0.0994. The van der Waals surface area contributed by atoms with Gasteiger partial charge in [0.2, 0.25) is 0 Å². The number of hydrogen-bond acceptors (Lipinski definition) is 5. The largest absolute Gasteiger partial charge is 0.492 e. The molecule has 2 aromatic carbocycles. The quantitative estimate of drug-likeness (QED) is 0.497. The standard InChI is InChI=1S/C23H21BrN2O5/c1-3-29-20-11-15-10-13(2)30-19(15)12-17(20)26-22(27)14-4-6-16(7-5-14)25-23(28)18-8-9-21(24)31-18/h4-9,11-13H,3,10H2,1-2H3,(H,25,28)(H,26,27). The Kier molecular flexibility index (Phi) is 5.99. The fraction of sp³-hybridized carbons (Fsp3) is 0.217. The van der Waals surface area contributed by atoms with Crippen LogP contribution in [0.3, 0.4) is 0 Å². The fourth-order valence-electron chi connectivity index (χ4n) is 3.34. The zero-order chi connectivity index (χ0) is 22.0. The van der Waals surface area contributed by atoms with Crippen molar-refractivity contribution in [3.05, 3.63) is 70.1 Å². The van der Waals surface area contributed by atoms with Crippen LogP contribution >= 0.6 is 15.9 Å². The Labute approximate surface area is 187 Å². The highest BCUT2D eigenvalue weighted by Gasteiger charge is 2.23. The zero-order valence-electron chi connectivity index (χ0n) is 17.0. The lowest BCUT2D eigenvalue weighted by Gasteiger charge is -2.14. The number of hydrogen-bond donors (Lipinski definition) is 2. The predicted molar refractivity (Wildman–Crippen MR) is 120 cm³/mol. The van der Waals surface area contributed by atoms with Gasteiger partial charge in [-0.1, -0.05) is 0 Å². The molecule has 0 radical (unpaired) electrons. The topological polar surface area (TPSA) is 89.8 Å². The summed E-state index contributed by atoms with van der Waals surface area (Å²) in [6.45, 7) is 4.38. The second kappa shape index (κ2) is 8.85. The molecule has 1 aromatic heterocycles. The number of amides is 2. The molecule has 0 spiro atoms. The molecule has 8 heteroatoms. The number of anilines is 2. The van der Waals surface area contributed by atoms with Crippen molar-refractivity contribution in [2.75, 3.05) is 17.2 Å². The Hall–Kier alpha value is -3.26. The van der Waals surface area contributed by atoms with Gasteiger partial charge in [-0.05, 0) is 72.2 Å². The molecule has 4 rings (SSSR count). The molecule has 160 valence electrons. The first kappa shape index (κ1) is 21.0. The van der Waals surface area contributed by atoms with Gasteiger partial charge in [0.25, 0.3) is 11.8 Å². The van der Waals surface area contributed by atoms with Crippen molar-refractivity contribution in [1.82, 2.24) is 0 Å². The normalized spacial score (nSPS) is 14.5. The number of ether oxygens (including phenoxy) is 2. The molecule has 1 aliphatic rings. The van der Waals surface area contributed by atoms with Gasteiger partial charge in [0.1, 0.15) is 17.6 Å². The molecule has 0 saturated carbocycles. The lowest BCUT2D eigenvalue weighted by atomic mass is 10.1. The van der Waals surface area contributed by atoms with Crippen molar-refractivity contribution in [2.24, 2.45) is 0 Å². The van der Waals surface area contributed by atoms with Crippen molar-refractivity contribution in [3.8, 4) is 11.5 Å². The molecule has 0 fully saturated rings. The molecule has 0 aliphatic carbocycles. The van der Waals surface area contributed by atoms with Gasteiger partial charge in [0.15, 0.2) is 10.4 Å². The highest BCUT2D eigenvalue weighted by atomic mass is 79.9. The molecule has 3 aromatic rings. The van der Waals surface area contributed by atoms with E-state index in [-0.39, 0.29) is 23.7 Å². The van der Waals surface area contributed by atoms with Crippen LogP contribution in [-0.4, -0.2) is 24.5 Å². The summed E-state index contributed by atoms with van der Waals surface area (Å²) in [4.78, 5) is 24.9. The van der Waals surface area contributed by atoms with Crippen LogP contribution in [0.4, 0.5) is 11.4 Å². The first-order valence-corrected chi connectivity index (χ1v) is 10.7. The van der Waals surface area contributed by atoms with Crippen molar-refractivity contribution in [1.29, 1.82) is 0 Å². The van der Waals surface area contributed by atoms with E-state index in [4.69, 9.17) is 13.9 Å². The summed E-state index contributed by atoms with van der Waals surface area (Å²) >= 11 is 3.16. The van der Waals surface area contributed by atoms with Crippen LogP contribution in [0, 0.1) is 0 Å². The number of furan rings is 1. The average Bonchev–Trinajstić information content (AvgIpc) is 3.33. The third-order valence-corrected chi connectivity index (χ3v) is 5.17. The maximum absolute atomic E-state index is 12.8. The van der Waals surface area contributed by atoms with Crippen LogP contribution in [0.1, 0.15) is 40.3 Å². The van der Waals surface area contributed by atoms with Crippen LogP contribution in [0.5, 0.6) is 11.5 Å². The van der Waals surface area contributed by atoms with Crippen LogP contribution in [0.25, 0.3) is 0 Å². The number of fused-ring (bicyclic) bond motifs is 1. The fourth-order valence-corrected chi connectivity index (χ4v) is 3.65. The number of halogens is 1. The number of carbonyl (C=O) groups excluding carboxylic acids is 2. The monoisotopic (exact) mass is 484 g/mol. The Morgan fingerprint density at radius 3 is 2.55 bits per heavy atom. The molecule has 0 bridgehead atoms. The minimum Gasteiger partial charge on any atom is -0.492 e. The molecule has 7 nitrogen and oxygen atoms in total. The van der Waals surface area contributed by atoms with E-state index in [1.165, 1.54) is 0 Å². The Balaban J connectivity index is 1.46. The molecule has 2 amide bonds. The molecular formula is C23H21BrN2O5. The van der Waals surface area contributed by atoms with E-state index in [1.54, 1.807) is 42.5 Å². The molecule has 2 heterocycles. The highest BCUT2D eigenvalue weighted by molar-refractivity contribution is 9.10. The van der Waals surface area contributed by atoms with Crippen molar-refractivity contribution < 1.29 is 23.5 Å². The average molecular weight is 485 g/mol. The van der Waals surface area contributed by atoms with E-state index in [0.29, 0.717) is 34.0 Å². The van der Waals surface area contributed by atoms with Gasteiger partial charge < -0.3 is 24.5 Å². The third-order valence-electron chi connectivity index (χ3n) is 4.75. The van der Waals surface area contributed by atoms with Crippen LogP contribution in [-0.2, 0) is 6.42 Å². The number of nitrogens with one attached hydrogen (secondary N) is 2. The molecule has 1 unspecified atom stereocenters. The van der Waals surface area contributed by atoms with Gasteiger partial charge >= 0.3 is 0 Å². The maximum atomic E-state index is 12.8. The van der Waals surface area contributed by atoms with E-state index < -0.39 is 0 Å². The lowest BCUT2D eigenvalue weighted by Crippen LogP contribution is -2.14. The minimum absolute atomic E-state index is 0.0977. The Morgan fingerprint density at radius 2 is 1.87 bits per heavy atom. The van der Waals surface area contributed by atoms with Crippen LogP contribution in [0.15, 0.2) is 57.6 Å². The van der Waals surface area contributed by atoms with Gasteiger partial charge in [-0.3, -0.25) is 9.59 Å². The molecule has 0 saturated heterocycles. The first-order valence-electron chi connectivity index (χ1n) is 9.87. The highest BCUT2D eigenvalue weighted by Crippen LogP contribution is 2.38. The van der Waals surface area contributed by atoms with Crippen LogP contribution in [0.2, 0.25) is 0 Å². The van der Waals surface area contributed by atoms with Gasteiger partial charge in [-0.2, -0.15) is 0 Å². The summed E-state index contributed by atoms with van der Waals surface area (Å²) in [6, 6.07) is 13.5. The van der Waals surface area contributed by atoms with Crippen molar-refractivity contribution in [2.45, 2.75) is 26.4 Å². The summed E-state index contributed by atoms with van der Waals surface area (Å²) in [5.74, 6) is 0.886. The van der Waals surface area contributed by atoms with E-state index in [1.807, 2.05) is 19.9 Å². The molecule has 1 atom stereocenters. The summed E-state index contributed by atoms with van der Waals surface area (Å²) in [7, 11) is 0. The van der Waals surface area contributed by atoms with E-state index in [2.05, 4.69) is 26.6 Å². The predicted octanol–water partition coefficient (Wildman–Crippen LogP) is 5.27. The molecule has 1 aliphatic heterocycles. The van der Waals surface area contributed by atoms with Crippen molar-refractivity contribution >= 4 is 39.1 Å². The van der Waals surface area contributed by atoms with E-state index >= 15 is 0 Å². The van der Waals surface area contributed by atoms with E-state index in [0.717, 1.165) is 17.7 Å².